The van der Waals surface area contributed by atoms with E-state index < -0.39 is 0 Å². The number of benzene rings is 2. The number of para-hydroxylation sites is 1. The molecule has 0 saturated carbocycles. The van der Waals surface area contributed by atoms with Crippen molar-refractivity contribution in [1.82, 2.24) is 20.2 Å². The second-order valence-corrected chi connectivity index (χ2v) is 7.97. The average Bonchev–Trinajstić information content (AvgIpc) is 3.29. The zero-order valence-electron chi connectivity index (χ0n) is 19.5. The fraction of sp³-hybridized carbons (Fsp3) is 0.259. The van der Waals surface area contributed by atoms with Crippen LogP contribution in [0.5, 0.6) is 0 Å². The normalized spacial score (nSPS) is 13.1. The molecule has 2 amide bonds. The number of carbonyl (C=O) groups excluding carboxylic acids is 1. The Hall–Kier alpha value is -3.68. The van der Waals surface area contributed by atoms with Gasteiger partial charge in [0.15, 0.2) is 0 Å². The molecule has 4 aromatic rings. The quantitative estimate of drug-likeness (QED) is 0.412. The van der Waals surface area contributed by atoms with Gasteiger partial charge in [-0.25, -0.2) is 4.79 Å². The van der Waals surface area contributed by atoms with Crippen molar-refractivity contribution < 1.29 is 9.53 Å². The lowest BCUT2D eigenvalue weighted by Gasteiger charge is -2.10. The zero-order valence-corrected chi connectivity index (χ0v) is 19.5. The molecule has 0 bridgehead atoms. The van der Waals surface area contributed by atoms with Gasteiger partial charge in [0.2, 0.25) is 0 Å². The van der Waals surface area contributed by atoms with E-state index in [0.717, 1.165) is 49.7 Å². The van der Waals surface area contributed by atoms with E-state index in [1.54, 1.807) is 12.4 Å². The highest BCUT2D eigenvalue weighted by molar-refractivity contribution is 5.89. The third kappa shape index (κ3) is 6.21. The lowest BCUT2D eigenvalue weighted by atomic mass is 10.1. The molecule has 0 radical (unpaired) electrons. The molecule has 5 rings (SSSR count). The van der Waals surface area contributed by atoms with Gasteiger partial charge in [0.25, 0.3) is 0 Å². The van der Waals surface area contributed by atoms with Gasteiger partial charge in [0, 0.05) is 55.0 Å². The highest BCUT2D eigenvalue weighted by Gasteiger charge is 2.08. The first-order valence-electron chi connectivity index (χ1n) is 11.7. The molecular formula is C27H31N5O2. The van der Waals surface area contributed by atoms with Crippen molar-refractivity contribution in [2.45, 2.75) is 19.9 Å². The molecule has 1 aliphatic rings. The Balaban J connectivity index is 0.000000398. The topological polar surface area (TPSA) is 80.2 Å². The van der Waals surface area contributed by atoms with Gasteiger partial charge >= 0.3 is 6.03 Å². The lowest BCUT2D eigenvalue weighted by molar-refractivity contribution is 0.109. The molecule has 1 aliphatic heterocycles. The number of rotatable bonds is 5. The number of anilines is 1. The van der Waals surface area contributed by atoms with Crippen LogP contribution in [0.25, 0.3) is 16.6 Å². The van der Waals surface area contributed by atoms with Crippen LogP contribution in [0.2, 0.25) is 0 Å². The summed E-state index contributed by atoms with van der Waals surface area (Å²) >= 11 is 0. The Morgan fingerprint density at radius 2 is 1.85 bits per heavy atom. The number of ether oxygens (including phenoxy) is 1. The molecule has 1 saturated heterocycles. The van der Waals surface area contributed by atoms with Crippen molar-refractivity contribution in [2.24, 2.45) is 0 Å². The maximum atomic E-state index is 12.1. The van der Waals surface area contributed by atoms with Crippen LogP contribution < -0.4 is 16.0 Å². The SMILES string of the molecule is C1COCCN1.CCc1cn(-c2ccc(NC(=O)NCc3cccnc3)cc2)c2ccccc12. The monoisotopic (exact) mass is 457 g/mol. The number of nitrogens with one attached hydrogen (secondary N) is 3. The van der Waals surface area contributed by atoms with Gasteiger partial charge in [-0.3, -0.25) is 4.98 Å². The fourth-order valence-corrected chi connectivity index (χ4v) is 3.83. The van der Waals surface area contributed by atoms with E-state index in [-0.39, 0.29) is 6.03 Å². The van der Waals surface area contributed by atoms with E-state index in [1.807, 2.05) is 36.4 Å². The van der Waals surface area contributed by atoms with E-state index in [9.17, 15) is 4.79 Å². The molecule has 2 aromatic heterocycles. The summed E-state index contributed by atoms with van der Waals surface area (Å²) in [7, 11) is 0. The summed E-state index contributed by atoms with van der Waals surface area (Å²) in [5.74, 6) is 0. The van der Waals surface area contributed by atoms with Crippen LogP contribution in [0.1, 0.15) is 18.1 Å². The van der Waals surface area contributed by atoms with Crippen LogP contribution in [-0.2, 0) is 17.7 Å². The number of hydrogen-bond donors (Lipinski definition) is 3. The number of morpholine rings is 1. The third-order valence-corrected chi connectivity index (χ3v) is 5.60. The van der Waals surface area contributed by atoms with Gasteiger partial charge < -0.3 is 25.3 Å². The number of hydrogen-bond acceptors (Lipinski definition) is 4. The second-order valence-electron chi connectivity index (χ2n) is 7.97. The first-order valence-corrected chi connectivity index (χ1v) is 11.7. The van der Waals surface area contributed by atoms with E-state index in [4.69, 9.17) is 4.74 Å². The predicted molar refractivity (Wildman–Crippen MR) is 136 cm³/mol. The van der Waals surface area contributed by atoms with Crippen molar-refractivity contribution in [2.75, 3.05) is 31.6 Å². The van der Waals surface area contributed by atoms with Gasteiger partial charge in [0.05, 0.1) is 18.7 Å². The molecule has 3 heterocycles. The van der Waals surface area contributed by atoms with Gasteiger partial charge in [-0.05, 0) is 53.9 Å². The molecule has 0 aliphatic carbocycles. The fourth-order valence-electron chi connectivity index (χ4n) is 3.83. The van der Waals surface area contributed by atoms with Crippen molar-refractivity contribution >= 4 is 22.6 Å². The number of fused-ring (bicyclic) bond motifs is 1. The number of aryl methyl sites for hydroxylation is 1. The van der Waals surface area contributed by atoms with Gasteiger partial charge in [0.1, 0.15) is 0 Å². The van der Waals surface area contributed by atoms with E-state index in [1.165, 1.54) is 16.5 Å². The number of carbonyl (C=O) groups is 1. The summed E-state index contributed by atoms with van der Waals surface area (Å²) in [6.45, 7) is 6.44. The number of pyridine rings is 1. The van der Waals surface area contributed by atoms with Gasteiger partial charge in [-0.1, -0.05) is 31.2 Å². The van der Waals surface area contributed by atoms with Gasteiger partial charge in [-0.15, -0.1) is 0 Å². The Morgan fingerprint density at radius 3 is 2.50 bits per heavy atom. The standard InChI is InChI=1S/C23H22N4O.C4H9NO/c1-2-18-16-27(22-8-4-3-7-21(18)22)20-11-9-19(10-12-20)26-23(28)25-15-17-6-5-13-24-14-17;1-3-6-4-2-5-1/h3-14,16H,2,15H2,1H3,(H2,25,26,28);5H,1-4H2. The van der Waals surface area contributed by atoms with E-state index in [0.29, 0.717) is 6.54 Å². The highest BCUT2D eigenvalue weighted by Crippen LogP contribution is 2.26. The molecule has 0 atom stereocenters. The van der Waals surface area contributed by atoms with Crippen LogP contribution in [0.15, 0.2) is 79.3 Å². The summed E-state index contributed by atoms with van der Waals surface area (Å²) in [6, 6.07) is 19.8. The van der Waals surface area contributed by atoms with Crippen LogP contribution in [0, 0.1) is 0 Å². The molecule has 7 heteroatoms. The van der Waals surface area contributed by atoms with Crippen LogP contribution >= 0.6 is 0 Å². The molecule has 34 heavy (non-hydrogen) atoms. The largest absolute Gasteiger partial charge is 0.379 e. The predicted octanol–water partition coefficient (Wildman–Crippen LogP) is 4.52. The zero-order chi connectivity index (χ0) is 23.6. The van der Waals surface area contributed by atoms with E-state index >= 15 is 0 Å². The van der Waals surface area contributed by atoms with E-state index in [2.05, 4.69) is 62.9 Å². The molecule has 3 N–H and O–H groups in total. The van der Waals surface area contributed by atoms with Crippen molar-refractivity contribution in [3.05, 3.63) is 90.4 Å². The van der Waals surface area contributed by atoms with Crippen molar-refractivity contribution in [3.63, 3.8) is 0 Å². The van der Waals surface area contributed by atoms with Crippen LogP contribution in [-0.4, -0.2) is 41.9 Å². The van der Waals surface area contributed by atoms with Crippen LogP contribution in [0.3, 0.4) is 0 Å². The number of amides is 2. The second kappa shape index (κ2) is 12.0. The number of nitrogens with zero attached hydrogens (tertiary/aromatic N) is 2. The van der Waals surface area contributed by atoms with Crippen molar-refractivity contribution in [1.29, 1.82) is 0 Å². The minimum absolute atomic E-state index is 0.240. The smallest absolute Gasteiger partial charge is 0.319 e. The van der Waals surface area contributed by atoms with Crippen LogP contribution in [0.4, 0.5) is 10.5 Å². The summed E-state index contributed by atoms with van der Waals surface area (Å²) in [4.78, 5) is 16.2. The Morgan fingerprint density at radius 1 is 1.06 bits per heavy atom. The summed E-state index contributed by atoms with van der Waals surface area (Å²) < 4.78 is 7.20. The third-order valence-electron chi connectivity index (χ3n) is 5.60. The summed E-state index contributed by atoms with van der Waals surface area (Å²) in [6.07, 6.45) is 6.63. The minimum atomic E-state index is -0.240. The summed E-state index contributed by atoms with van der Waals surface area (Å²) in [5.41, 5.74) is 5.29. The Kier molecular flexibility index (Phi) is 8.27. The minimum Gasteiger partial charge on any atom is -0.379 e. The van der Waals surface area contributed by atoms with Gasteiger partial charge in [-0.2, -0.15) is 0 Å². The lowest BCUT2D eigenvalue weighted by Crippen LogP contribution is -2.30. The first-order chi connectivity index (χ1) is 16.7. The maximum absolute atomic E-state index is 12.1. The maximum Gasteiger partial charge on any atom is 0.319 e. The van der Waals surface area contributed by atoms with Crippen molar-refractivity contribution in [3.8, 4) is 5.69 Å². The first kappa shape index (κ1) is 23.5. The number of urea groups is 1. The molecule has 7 nitrogen and oxygen atoms in total. The Bertz CT molecular complexity index is 1170. The Labute approximate surface area is 200 Å². The molecule has 1 fully saturated rings. The molecule has 2 aromatic carbocycles. The molecule has 0 spiro atoms. The molecular weight excluding hydrogens is 426 g/mol. The number of aromatic nitrogens is 2. The molecule has 176 valence electrons. The summed E-state index contributed by atoms with van der Waals surface area (Å²) in [5, 5.41) is 10.1. The highest BCUT2D eigenvalue weighted by atomic mass is 16.5. The average molecular weight is 458 g/mol. The molecule has 0 unspecified atom stereocenters.